The molecule has 59 heavy (non-hydrogen) atoms. The number of nitrogens with one attached hydrogen (secondary N) is 1. The maximum atomic E-state index is 13.4. The molecule has 3 saturated heterocycles. The molecule has 1 unspecified atom stereocenters. The molecule has 0 spiro atoms. The van der Waals surface area contributed by atoms with Gasteiger partial charge in [-0.05, 0) is 105 Å². The van der Waals surface area contributed by atoms with E-state index in [2.05, 4.69) is 52.0 Å². The predicted octanol–water partition coefficient (Wildman–Crippen LogP) is 5.88. The van der Waals surface area contributed by atoms with E-state index in [4.69, 9.17) is 21.3 Å². The molecule has 0 bridgehead atoms. The molecule has 4 amide bonds. The smallest absolute Gasteiger partial charge is 0.262 e. The summed E-state index contributed by atoms with van der Waals surface area (Å²) < 4.78 is 6.14. The highest BCUT2D eigenvalue weighted by atomic mass is 35.5. The fraction of sp³-hybridized carbons (Fsp3) is 0.400. The molecule has 4 aliphatic rings. The Morgan fingerprint density at radius 3 is 2.20 bits per heavy atom. The number of hydrogen-bond donors (Lipinski definition) is 1. The van der Waals surface area contributed by atoms with Gasteiger partial charge in [-0.3, -0.25) is 29.4 Å². The third kappa shape index (κ3) is 8.12. The predicted molar refractivity (Wildman–Crippen MR) is 222 cm³/mol. The van der Waals surface area contributed by atoms with Crippen LogP contribution in [0.15, 0.2) is 72.9 Å². The van der Waals surface area contributed by atoms with Crippen LogP contribution in [0.2, 0.25) is 5.02 Å². The molecule has 4 aromatic rings. The highest BCUT2D eigenvalue weighted by molar-refractivity contribution is 6.30. The molecule has 3 aromatic carbocycles. The number of carbonyl (C=O) groups excluding carboxylic acids is 4. The lowest BCUT2D eigenvalue weighted by Crippen LogP contribution is -2.54. The second-order valence-electron chi connectivity index (χ2n) is 16.4. The van der Waals surface area contributed by atoms with E-state index < -0.39 is 29.7 Å². The minimum absolute atomic E-state index is 0.0916. The van der Waals surface area contributed by atoms with Crippen LogP contribution in [-0.2, 0) is 21.6 Å². The molecular weight excluding hydrogens is 768 g/mol. The third-order valence-corrected chi connectivity index (χ3v) is 12.8. The van der Waals surface area contributed by atoms with Gasteiger partial charge in [0.25, 0.3) is 11.8 Å². The Bertz CT molecular complexity index is 2330. The van der Waals surface area contributed by atoms with Gasteiger partial charge in [-0.15, -0.1) is 0 Å². The van der Waals surface area contributed by atoms with Gasteiger partial charge in [0, 0.05) is 67.0 Å². The third-order valence-electron chi connectivity index (χ3n) is 12.6. The van der Waals surface area contributed by atoms with Gasteiger partial charge in [-0.2, -0.15) is 5.26 Å². The zero-order valence-electron chi connectivity index (χ0n) is 33.5. The van der Waals surface area contributed by atoms with Gasteiger partial charge in [0.05, 0.1) is 28.5 Å². The van der Waals surface area contributed by atoms with Crippen molar-refractivity contribution in [2.45, 2.75) is 82.5 Å². The number of halogens is 1. The first-order chi connectivity index (χ1) is 28.4. The van der Waals surface area contributed by atoms with E-state index in [9.17, 15) is 24.4 Å². The number of fused-ring (bicyclic) bond motifs is 1. The summed E-state index contributed by atoms with van der Waals surface area (Å²) in [5.74, 6) is -0.519. The Morgan fingerprint density at radius 1 is 0.847 bits per heavy atom. The van der Waals surface area contributed by atoms with Gasteiger partial charge in [0.1, 0.15) is 18.4 Å². The number of anilines is 2. The summed E-state index contributed by atoms with van der Waals surface area (Å²) in [6.45, 7) is 7.90. The first kappa shape index (κ1) is 40.0. The number of ether oxygens (including phenoxy) is 1. The summed E-state index contributed by atoms with van der Waals surface area (Å²) in [5.41, 5.74) is 4.53. The normalized spacial score (nSPS) is 19.3. The molecule has 14 heteroatoms. The van der Waals surface area contributed by atoms with E-state index in [1.54, 1.807) is 24.4 Å². The van der Waals surface area contributed by atoms with Crippen LogP contribution in [0.1, 0.15) is 95.5 Å². The number of hydrogen-bond acceptors (Lipinski definition) is 11. The molecule has 1 N–H and O–H groups in total. The summed E-state index contributed by atoms with van der Waals surface area (Å²) >= 11 is 6.30. The lowest BCUT2D eigenvalue weighted by atomic mass is 9.78. The maximum absolute atomic E-state index is 13.4. The summed E-state index contributed by atoms with van der Waals surface area (Å²) in [7, 11) is 2.23. The second kappa shape index (κ2) is 16.4. The van der Waals surface area contributed by atoms with Crippen molar-refractivity contribution < 1.29 is 23.9 Å². The van der Waals surface area contributed by atoms with Crippen LogP contribution in [0.25, 0.3) is 0 Å². The number of nitrogens with zero attached hydrogens (tertiary/aromatic N) is 7. The van der Waals surface area contributed by atoms with E-state index in [0.717, 1.165) is 85.0 Å². The van der Waals surface area contributed by atoms with Gasteiger partial charge in [-0.1, -0.05) is 37.6 Å². The van der Waals surface area contributed by atoms with E-state index >= 15 is 0 Å². The SMILES string of the molecule is CN(C1CCN(c2ccc3c(c2)C(=O)N(C2CCC(=O)NC2=O)C3=O)CC1)C1CCN(c2nccc(COc3ccc(C(C)(C)c4cc(Cl)cc(C#N)c4)cc3)n2)CC1. The van der Waals surface area contributed by atoms with Crippen molar-refractivity contribution in [2.24, 2.45) is 0 Å². The zero-order chi connectivity index (χ0) is 41.4. The van der Waals surface area contributed by atoms with Crippen molar-refractivity contribution >= 4 is 46.9 Å². The van der Waals surface area contributed by atoms with Gasteiger partial charge < -0.3 is 19.4 Å². The number of amides is 4. The topological polar surface area (TPSA) is 152 Å². The Labute approximate surface area is 348 Å². The van der Waals surface area contributed by atoms with Crippen LogP contribution in [0.4, 0.5) is 11.6 Å². The van der Waals surface area contributed by atoms with Crippen molar-refractivity contribution in [2.75, 3.05) is 43.0 Å². The van der Waals surface area contributed by atoms with Gasteiger partial charge in [0.2, 0.25) is 17.8 Å². The van der Waals surface area contributed by atoms with E-state index in [1.165, 1.54) is 0 Å². The van der Waals surface area contributed by atoms with Crippen LogP contribution in [0, 0.1) is 11.3 Å². The second-order valence-corrected chi connectivity index (χ2v) is 16.8. The van der Waals surface area contributed by atoms with E-state index in [1.807, 2.05) is 48.5 Å². The van der Waals surface area contributed by atoms with Crippen LogP contribution >= 0.6 is 11.6 Å². The monoisotopic (exact) mass is 814 g/mol. The molecule has 0 aliphatic carbocycles. The Balaban J connectivity index is 0.810. The fourth-order valence-electron chi connectivity index (χ4n) is 8.88. The summed E-state index contributed by atoms with van der Waals surface area (Å²) in [4.78, 5) is 68.2. The molecule has 0 radical (unpaired) electrons. The van der Waals surface area contributed by atoms with Gasteiger partial charge in [-0.25, -0.2) is 9.97 Å². The summed E-state index contributed by atoms with van der Waals surface area (Å²) in [6, 6.07) is 22.8. The Hall–Kier alpha value is -5.84. The number of aromatic nitrogens is 2. The Kier molecular flexibility index (Phi) is 11.1. The zero-order valence-corrected chi connectivity index (χ0v) is 34.2. The van der Waals surface area contributed by atoms with Crippen molar-refractivity contribution in [1.29, 1.82) is 5.26 Å². The molecule has 1 atom stereocenters. The molecule has 4 aliphatic heterocycles. The lowest BCUT2D eigenvalue weighted by Gasteiger charge is -2.43. The number of piperidine rings is 3. The Morgan fingerprint density at radius 2 is 1.53 bits per heavy atom. The van der Waals surface area contributed by atoms with E-state index in [0.29, 0.717) is 46.4 Å². The van der Waals surface area contributed by atoms with Crippen molar-refractivity contribution in [1.82, 2.24) is 25.1 Å². The molecule has 5 heterocycles. The minimum atomic E-state index is -0.974. The first-order valence-corrected chi connectivity index (χ1v) is 20.6. The quantitative estimate of drug-likeness (QED) is 0.191. The van der Waals surface area contributed by atoms with Crippen LogP contribution in [0.3, 0.4) is 0 Å². The molecule has 3 fully saturated rings. The molecule has 304 valence electrons. The minimum Gasteiger partial charge on any atom is -0.487 e. The van der Waals surface area contributed by atoms with Crippen molar-refractivity contribution in [3.05, 3.63) is 111 Å². The summed E-state index contributed by atoms with van der Waals surface area (Å²) in [5, 5.41) is 12.2. The van der Waals surface area contributed by atoms with Crippen molar-refractivity contribution in [3.63, 3.8) is 0 Å². The van der Waals surface area contributed by atoms with Crippen LogP contribution in [-0.4, -0.2) is 94.7 Å². The standard InChI is InChI=1S/C45H47ClN8O5/c1-45(2,30-22-28(26-47)23-31(46)24-30)29-4-7-36(8-5-29)59-27-32-12-17-48-44(49-32)53-20-15-34(16-21-53)51(3)33-13-18-52(19-14-33)35-6-9-37-38(25-35)43(58)54(42(37)57)39-10-11-40(55)50-41(39)56/h4-9,12,17,22-25,33-34,39H,10-11,13-16,18-21,27H2,1-3H3,(H,50,55,56). The van der Waals surface area contributed by atoms with Gasteiger partial charge >= 0.3 is 0 Å². The van der Waals surface area contributed by atoms with Gasteiger partial charge in [0.15, 0.2) is 0 Å². The highest BCUT2D eigenvalue weighted by Gasteiger charge is 2.45. The maximum Gasteiger partial charge on any atom is 0.262 e. The number of benzene rings is 3. The average molecular weight is 815 g/mol. The number of nitriles is 1. The molecule has 0 saturated carbocycles. The van der Waals surface area contributed by atoms with Crippen LogP contribution < -0.4 is 19.9 Å². The highest BCUT2D eigenvalue weighted by Crippen LogP contribution is 2.36. The average Bonchev–Trinajstić information content (AvgIpc) is 3.50. The lowest BCUT2D eigenvalue weighted by molar-refractivity contribution is -0.136. The first-order valence-electron chi connectivity index (χ1n) is 20.2. The largest absolute Gasteiger partial charge is 0.487 e. The number of imide groups is 2. The van der Waals surface area contributed by atoms with Crippen molar-refractivity contribution in [3.8, 4) is 11.8 Å². The van der Waals surface area contributed by atoms with E-state index in [-0.39, 0.29) is 18.3 Å². The molecule has 8 rings (SSSR count). The fourth-order valence-corrected chi connectivity index (χ4v) is 9.12. The molecule has 13 nitrogen and oxygen atoms in total. The van der Waals surface area contributed by atoms with Crippen LogP contribution in [0.5, 0.6) is 5.75 Å². The number of rotatable bonds is 10. The molecule has 1 aromatic heterocycles. The summed E-state index contributed by atoms with van der Waals surface area (Å²) in [6.07, 6.45) is 5.97. The number of carbonyl (C=O) groups is 4. The molecular formula is C45H47ClN8O5.